The summed E-state index contributed by atoms with van der Waals surface area (Å²) < 4.78 is 0. The molecule has 136 valence electrons. The second-order valence-electron chi connectivity index (χ2n) is 7.14. The van der Waals surface area contributed by atoms with Crippen molar-refractivity contribution in [2.45, 2.75) is 45.7 Å². The fraction of sp³-hybridized carbons (Fsp3) is 0.778. The van der Waals surface area contributed by atoms with Crippen molar-refractivity contribution < 1.29 is 9.59 Å². The molecule has 1 saturated carbocycles. The lowest BCUT2D eigenvalue weighted by Gasteiger charge is -2.37. The second kappa shape index (κ2) is 8.62. The summed E-state index contributed by atoms with van der Waals surface area (Å²) in [7, 11) is 0. The SMILES string of the molecule is C=C(C)CN(CC)C(=O)CN1CCN(C(C)C(=O)NC2CC2)CC1. The second-order valence-corrected chi connectivity index (χ2v) is 7.14. The molecule has 6 heteroatoms. The van der Waals surface area contributed by atoms with Crippen LogP contribution in [0, 0.1) is 0 Å². The zero-order chi connectivity index (χ0) is 17.7. The molecule has 0 spiro atoms. The standard InChI is InChI=1S/C18H32N4O2/c1-5-21(12-14(2)3)17(23)13-20-8-10-22(11-9-20)15(4)18(24)19-16-6-7-16/h15-16H,2,5-13H2,1,3-4H3,(H,19,24). The van der Waals surface area contributed by atoms with Gasteiger partial charge in [0.15, 0.2) is 0 Å². The quantitative estimate of drug-likeness (QED) is 0.663. The first-order valence-corrected chi connectivity index (χ1v) is 9.09. The highest BCUT2D eigenvalue weighted by molar-refractivity contribution is 5.82. The highest BCUT2D eigenvalue weighted by Crippen LogP contribution is 2.19. The molecule has 6 nitrogen and oxygen atoms in total. The Labute approximate surface area is 145 Å². The number of carbonyl (C=O) groups is 2. The lowest BCUT2D eigenvalue weighted by Crippen LogP contribution is -2.55. The summed E-state index contributed by atoms with van der Waals surface area (Å²) in [6.07, 6.45) is 2.24. The molecule has 0 aromatic carbocycles. The monoisotopic (exact) mass is 336 g/mol. The molecule has 1 heterocycles. The summed E-state index contributed by atoms with van der Waals surface area (Å²) in [5, 5.41) is 3.07. The van der Waals surface area contributed by atoms with E-state index in [0.717, 1.165) is 44.6 Å². The van der Waals surface area contributed by atoms with Crippen molar-refractivity contribution in [3.8, 4) is 0 Å². The van der Waals surface area contributed by atoms with Gasteiger partial charge in [-0.1, -0.05) is 12.2 Å². The Morgan fingerprint density at radius 2 is 1.88 bits per heavy atom. The molecule has 1 N–H and O–H groups in total. The lowest BCUT2D eigenvalue weighted by atomic mass is 10.2. The molecule has 1 atom stereocenters. The molecule has 2 fully saturated rings. The van der Waals surface area contributed by atoms with Crippen LogP contribution >= 0.6 is 0 Å². The van der Waals surface area contributed by atoms with Gasteiger partial charge in [-0.2, -0.15) is 0 Å². The van der Waals surface area contributed by atoms with Crippen molar-refractivity contribution in [3.63, 3.8) is 0 Å². The maximum Gasteiger partial charge on any atom is 0.237 e. The van der Waals surface area contributed by atoms with E-state index in [2.05, 4.69) is 21.7 Å². The Balaban J connectivity index is 1.74. The van der Waals surface area contributed by atoms with Crippen molar-refractivity contribution in [1.82, 2.24) is 20.0 Å². The third-order valence-electron chi connectivity index (χ3n) is 4.81. The predicted molar refractivity (Wildman–Crippen MR) is 95.7 cm³/mol. The highest BCUT2D eigenvalue weighted by atomic mass is 16.2. The van der Waals surface area contributed by atoms with Gasteiger partial charge < -0.3 is 10.2 Å². The predicted octanol–water partition coefficient (Wildman–Crippen LogP) is 0.696. The van der Waals surface area contributed by atoms with E-state index in [9.17, 15) is 9.59 Å². The molecule has 1 saturated heterocycles. The van der Waals surface area contributed by atoms with E-state index < -0.39 is 0 Å². The lowest BCUT2D eigenvalue weighted by molar-refractivity contribution is -0.133. The summed E-state index contributed by atoms with van der Waals surface area (Å²) >= 11 is 0. The van der Waals surface area contributed by atoms with Crippen LogP contribution in [0.2, 0.25) is 0 Å². The number of rotatable bonds is 8. The first-order valence-electron chi connectivity index (χ1n) is 9.09. The Morgan fingerprint density at radius 3 is 2.38 bits per heavy atom. The zero-order valence-corrected chi connectivity index (χ0v) is 15.4. The normalized spacial score (nSPS) is 20.5. The molecule has 0 aromatic heterocycles. The number of likely N-dealkylation sites (N-methyl/N-ethyl adjacent to an activating group) is 1. The van der Waals surface area contributed by atoms with Crippen LogP contribution in [-0.4, -0.2) is 84.4 Å². The third-order valence-corrected chi connectivity index (χ3v) is 4.81. The molecule has 2 amide bonds. The molecule has 0 bridgehead atoms. The number of amides is 2. The number of nitrogens with one attached hydrogen (secondary N) is 1. The summed E-state index contributed by atoms with van der Waals surface area (Å²) in [5.74, 6) is 0.300. The highest BCUT2D eigenvalue weighted by Gasteiger charge is 2.30. The third kappa shape index (κ3) is 5.60. The van der Waals surface area contributed by atoms with Gasteiger partial charge in [0.2, 0.25) is 11.8 Å². The van der Waals surface area contributed by atoms with Crippen molar-refractivity contribution in [1.29, 1.82) is 0 Å². The molecule has 2 aliphatic rings. The van der Waals surface area contributed by atoms with Crippen molar-refractivity contribution >= 4 is 11.8 Å². The van der Waals surface area contributed by atoms with Crippen LogP contribution in [0.25, 0.3) is 0 Å². The maximum atomic E-state index is 12.4. The average Bonchev–Trinajstić information content (AvgIpc) is 3.36. The van der Waals surface area contributed by atoms with Crippen molar-refractivity contribution in [2.24, 2.45) is 0 Å². The molecule has 1 aliphatic carbocycles. The van der Waals surface area contributed by atoms with E-state index >= 15 is 0 Å². The molecule has 1 aliphatic heterocycles. The van der Waals surface area contributed by atoms with Gasteiger partial charge in [-0.3, -0.25) is 19.4 Å². The van der Waals surface area contributed by atoms with Crippen LogP contribution in [0.15, 0.2) is 12.2 Å². The van der Waals surface area contributed by atoms with E-state index in [-0.39, 0.29) is 17.9 Å². The van der Waals surface area contributed by atoms with E-state index in [4.69, 9.17) is 0 Å². The van der Waals surface area contributed by atoms with Crippen LogP contribution < -0.4 is 5.32 Å². The van der Waals surface area contributed by atoms with Gasteiger partial charge in [0.25, 0.3) is 0 Å². The molecule has 24 heavy (non-hydrogen) atoms. The fourth-order valence-corrected chi connectivity index (χ4v) is 3.02. The van der Waals surface area contributed by atoms with Crippen molar-refractivity contribution in [2.75, 3.05) is 45.8 Å². The first kappa shape index (κ1) is 18.9. The van der Waals surface area contributed by atoms with Crippen LogP contribution in [0.1, 0.15) is 33.6 Å². The number of hydrogen-bond donors (Lipinski definition) is 1. The number of piperazine rings is 1. The summed E-state index contributed by atoms with van der Waals surface area (Å²) in [4.78, 5) is 30.8. The maximum absolute atomic E-state index is 12.4. The van der Waals surface area contributed by atoms with Gasteiger partial charge in [0.05, 0.1) is 12.6 Å². The smallest absolute Gasteiger partial charge is 0.237 e. The van der Waals surface area contributed by atoms with E-state index in [1.165, 1.54) is 0 Å². The van der Waals surface area contributed by atoms with E-state index in [0.29, 0.717) is 25.7 Å². The summed E-state index contributed by atoms with van der Waals surface area (Å²) in [5.41, 5.74) is 1.01. The molecule has 0 aromatic rings. The largest absolute Gasteiger partial charge is 0.352 e. The van der Waals surface area contributed by atoms with Gasteiger partial charge in [0, 0.05) is 45.3 Å². The van der Waals surface area contributed by atoms with Crippen molar-refractivity contribution in [3.05, 3.63) is 12.2 Å². The van der Waals surface area contributed by atoms with Gasteiger partial charge in [-0.25, -0.2) is 0 Å². The minimum absolute atomic E-state index is 0.0843. The summed E-state index contributed by atoms with van der Waals surface area (Å²) in [6, 6.07) is 0.325. The van der Waals surface area contributed by atoms with E-state index in [1.54, 1.807) is 0 Å². The minimum Gasteiger partial charge on any atom is -0.352 e. The number of hydrogen-bond acceptors (Lipinski definition) is 4. The topological polar surface area (TPSA) is 55.9 Å². The number of carbonyl (C=O) groups excluding carboxylic acids is 2. The van der Waals surface area contributed by atoms with Crippen LogP contribution in [-0.2, 0) is 9.59 Å². The Morgan fingerprint density at radius 1 is 1.25 bits per heavy atom. The van der Waals surface area contributed by atoms with Crippen LogP contribution in [0.4, 0.5) is 0 Å². The van der Waals surface area contributed by atoms with Gasteiger partial charge in [0.1, 0.15) is 0 Å². The summed E-state index contributed by atoms with van der Waals surface area (Å²) in [6.45, 7) is 14.9. The molecular formula is C18H32N4O2. The first-order chi connectivity index (χ1) is 11.4. The van der Waals surface area contributed by atoms with Crippen LogP contribution in [0.3, 0.4) is 0 Å². The van der Waals surface area contributed by atoms with Gasteiger partial charge in [-0.05, 0) is 33.6 Å². The minimum atomic E-state index is -0.0843. The van der Waals surface area contributed by atoms with Crippen LogP contribution in [0.5, 0.6) is 0 Å². The van der Waals surface area contributed by atoms with Gasteiger partial charge >= 0.3 is 0 Å². The van der Waals surface area contributed by atoms with E-state index in [1.807, 2.05) is 25.7 Å². The molecule has 1 unspecified atom stereocenters. The molecule has 0 radical (unpaired) electrons. The average molecular weight is 336 g/mol. The Kier molecular flexibility index (Phi) is 6.80. The van der Waals surface area contributed by atoms with Gasteiger partial charge in [-0.15, -0.1) is 0 Å². The number of nitrogens with zero attached hydrogens (tertiary/aromatic N) is 3. The zero-order valence-electron chi connectivity index (χ0n) is 15.4. The Hall–Kier alpha value is -1.40. The molecule has 2 rings (SSSR count). The fourth-order valence-electron chi connectivity index (χ4n) is 3.02. The Bertz CT molecular complexity index is 468. The molecular weight excluding hydrogens is 304 g/mol.